The highest BCUT2D eigenvalue weighted by molar-refractivity contribution is 9.10. The zero-order chi connectivity index (χ0) is 14.4. The fraction of sp³-hybridized carbons (Fsp3) is 0.500. The lowest BCUT2D eigenvalue weighted by Crippen LogP contribution is -2.21. The summed E-state index contributed by atoms with van der Waals surface area (Å²) in [5.74, 6) is 1.23. The van der Waals surface area contributed by atoms with E-state index in [0.29, 0.717) is 24.3 Å². The molecule has 0 spiro atoms. The molecule has 1 aromatic carbocycles. The van der Waals surface area contributed by atoms with Crippen LogP contribution in [-0.4, -0.2) is 34.9 Å². The number of nitrogens with zero attached hydrogens (tertiary/aromatic N) is 1. The lowest BCUT2D eigenvalue weighted by Gasteiger charge is -2.10. The van der Waals surface area contributed by atoms with Gasteiger partial charge >= 0.3 is 0 Å². The Kier molecular flexibility index (Phi) is 6.72. The zero-order valence-electron chi connectivity index (χ0n) is 11.6. The average Bonchev–Trinajstić information content (AvgIpc) is 2.34. The summed E-state index contributed by atoms with van der Waals surface area (Å²) in [6, 6.07) is 5.94. The van der Waals surface area contributed by atoms with Crippen molar-refractivity contribution in [2.24, 2.45) is 0 Å². The molecule has 1 rings (SSSR count). The Balaban J connectivity index is 2.44. The number of hydrogen-bond acceptors (Lipinski definition) is 2. The molecule has 0 aliphatic heterocycles. The van der Waals surface area contributed by atoms with Crippen molar-refractivity contribution in [2.45, 2.75) is 25.5 Å². The minimum Gasteiger partial charge on any atom is -0.349 e. The van der Waals surface area contributed by atoms with Crippen LogP contribution in [0, 0.1) is 6.92 Å². The van der Waals surface area contributed by atoms with Crippen molar-refractivity contribution in [3.63, 3.8) is 0 Å². The molecule has 19 heavy (non-hydrogen) atoms. The van der Waals surface area contributed by atoms with Crippen LogP contribution >= 0.6 is 15.9 Å². The summed E-state index contributed by atoms with van der Waals surface area (Å²) in [7, 11) is 2.57. The summed E-state index contributed by atoms with van der Waals surface area (Å²) in [6.45, 7) is 2.02. The van der Waals surface area contributed by atoms with Gasteiger partial charge in [0.2, 0.25) is 5.91 Å². The van der Waals surface area contributed by atoms with Crippen LogP contribution in [0.3, 0.4) is 0 Å². The predicted octanol–water partition coefficient (Wildman–Crippen LogP) is 2.87. The molecule has 0 N–H and O–H groups in total. The van der Waals surface area contributed by atoms with Crippen LogP contribution in [0.25, 0.3) is 0 Å². The number of hydrogen-bond donors (Lipinski definition) is 0. The van der Waals surface area contributed by atoms with E-state index in [4.69, 9.17) is 0 Å². The van der Waals surface area contributed by atoms with E-state index in [1.165, 1.54) is 0 Å². The Bertz CT molecular complexity index is 475. The van der Waals surface area contributed by atoms with E-state index >= 15 is 0 Å². The van der Waals surface area contributed by atoms with Crippen LogP contribution < -0.4 is 0 Å². The van der Waals surface area contributed by atoms with Crippen molar-refractivity contribution < 1.29 is 9.00 Å². The first-order valence-electron chi connectivity index (χ1n) is 6.21. The molecular weight excluding hydrogens is 326 g/mol. The van der Waals surface area contributed by atoms with Gasteiger partial charge in [0.25, 0.3) is 0 Å². The lowest BCUT2D eigenvalue weighted by molar-refractivity contribution is -0.128. The highest BCUT2D eigenvalue weighted by Gasteiger charge is 2.08. The van der Waals surface area contributed by atoms with Gasteiger partial charge in [-0.25, -0.2) is 0 Å². The molecule has 1 aromatic rings. The van der Waals surface area contributed by atoms with Gasteiger partial charge < -0.3 is 4.90 Å². The Morgan fingerprint density at radius 2 is 2.05 bits per heavy atom. The summed E-state index contributed by atoms with van der Waals surface area (Å²) in [5, 5.41) is 0. The molecule has 1 atom stereocenters. The molecule has 0 bridgehead atoms. The topological polar surface area (TPSA) is 37.4 Å². The zero-order valence-corrected chi connectivity index (χ0v) is 14.0. The fourth-order valence-electron chi connectivity index (χ4n) is 1.66. The second kappa shape index (κ2) is 7.80. The molecule has 0 heterocycles. The molecule has 0 saturated heterocycles. The summed E-state index contributed by atoms with van der Waals surface area (Å²) in [6.07, 6.45) is 1.15. The highest BCUT2D eigenvalue weighted by atomic mass is 79.9. The van der Waals surface area contributed by atoms with Crippen LogP contribution in [0.4, 0.5) is 0 Å². The molecular formula is C14H20BrNO2S. The number of rotatable bonds is 6. The molecule has 0 aliphatic rings. The van der Waals surface area contributed by atoms with Gasteiger partial charge in [-0.15, -0.1) is 0 Å². The van der Waals surface area contributed by atoms with E-state index < -0.39 is 10.8 Å². The second-order valence-electron chi connectivity index (χ2n) is 4.70. The second-order valence-corrected chi connectivity index (χ2v) is 7.13. The third kappa shape index (κ3) is 5.45. The molecule has 5 heteroatoms. The van der Waals surface area contributed by atoms with Crippen molar-refractivity contribution >= 4 is 32.6 Å². The van der Waals surface area contributed by atoms with Crippen molar-refractivity contribution in [1.82, 2.24) is 4.90 Å². The Labute approximate surface area is 126 Å². The highest BCUT2D eigenvalue weighted by Crippen LogP contribution is 2.20. The van der Waals surface area contributed by atoms with Gasteiger partial charge in [0.05, 0.1) is 0 Å². The maximum atomic E-state index is 12.0. The molecule has 0 fully saturated rings. The summed E-state index contributed by atoms with van der Waals surface area (Å²) < 4.78 is 13.0. The van der Waals surface area contributed by atoms with Crippen molar-refractivity contribution in [1.29, 1.82) is 0 Å². The SMILES string of the molecule is Cc1c(Br)cccc1C[S@](=O)CCCC(=O)N(C)C. The van der Waals surface area contributed by atoms with E-state index in [9.17, 15) is 9.00 Å². The number of halogens is 1. The number of carbonyl (C=O) groups is 1. The number of amides is 1. The summed E-state index contributed by atoms with van der Waals surface area (Å²) >= 11 is 3.47. The van der Waals surface area contributed by atoms with Crippen LogP contribution in [-0.2, 0) is 21.3 Å². The molecule has 106 valence electrons. The van der Waals surface area contributed by atoms with Gasteiger partial charge in [-0.1, -0.05) is 28.1 Å². The van der Waals surface area contributed by atoms with Crippen LogP contribution in [0.1, 0.15) is 24.0 Å². The van der Waals surface area contributed by atoms with E-state index in [0.717, 1.165) is 15.6 Å². The fourth-order valence-corrected chi connectivity index (χ4v) is 3.34. The maximum absolute atomic E-state index is 12.0. The Morgan fingerprint density at radius 1 is 1.37 bits per heavy atom. The average molecular weight is 346 g/mol. The number of carbonyl (C=O) groups excluding carboxylic acids is 1. The lowest BCUT2D eigenvalue weighted by atomic mass is 10.1. The summed E-state index contributed by atoms with van der Waals surface area (Å²) in [4.78, 5) is 13.0. The molecule has 0 saturated carbocycles. The third-order valence-electron chi connectivity index (χ3n) is 2.96. The standard InChI is InChI=1S/C14H20BrNO2S/c1-11-12(6-4-7-13(11)15)10-19(18)9-5-8-14(17)16(2)3/h4,6-7H,5,8-10H2,1-3H3/t19-/m1/s1. The molecule has 0 aromatic heterocycles. The Hall–Kier alpha value is -0.680. The molecule has 0 unspecified atom stereocenters. The largest absolute Gasteiger partial charge is 0.349 e. The molecule has 3 nitrogen and oxygen atoms in total. The summed E-state index contributed by atoms with van der Waals surface area (Å²) in [5.41, 5.74) is 2.24. The number of benzene rings is 1. The van der Waals surface area contributed by atoms with Crippen molar-refractivity contribution in [2.75, 3.05) is 19.8 Å². The third-order valence-corrected chi connectivity index (χ3v) is 5.19. The Morgan fingerprint density at radius 3 is 2.68 bits per heavy atom. The smallest absolute Gasteiger partial charge is 0.222 e. The van der Waals surface area contributed by atoms with Crippen molar-refractivity contribution in [3.05, 3.63) is 33.8 Å². The molecule has 0 aliphatic carbocycles. The van der Waals surface area contributed by atoms with E-state index in [1.807, 2.05) is 25.1 Å². The monoisotopic (exact) mass is 345 g/mol. The molecule has 1 amide bonds. The normalized spacial score (nSPS) is 12.2. The quantitative estimate of drug-likeness (QED) is 0.794. The first kappa shape index (κ1) is 16.4. The first-order valence-corrected chi connectivity index (χ1v) is 8.49. The van der Waals surface area contributed by atoms with Crippen LogP contribution in [0.5, 0.6) is 0 Å². The van der Waals surface area contributed by atoms with Crippen LogP contribution in [0.15, 0.2) is 22.7 Å². The van der Waals surface area contributed by atoms with E-state index in [-0.39, 0.29) is 5.91 Å². The van der Waals surface area contributed by atoms with Gasteiger partial charge in [-0.05, 0) is 30.5 Å². The van der Waals surface area contributed by atoms with Crippen LogP contribution in [0.2, 0.25) is 0 Å². The molecule has 0 radical (unpaired) electrons. The van der Waals surface area contributed by atoms with Gasteiger partial charge in [-0.3, -0.25) is 9.00 Å². The maximum Gasteiger partial charge on any atom is 0.222 e. The van der Waals surface area contributed by atoms with Gasteiger partial charge in [0, 0.05) is 47.3 Å². The minimum absolute atomic E-state index is 0.0932. The predicted molar refractivity (Wildman–Crippen MR) is 83.5 cm³/mol. The van der Waals surface area contributed by atoms with E-state index in [2.05, 4.69) is 15.9 Å². The minimum atomic E-state index is -0.911. The van der Waals surface area contributed by atoms with Crippen molar-refractivity contribution in [3.8, 4) is 0 Å². The van der Waals surface area contributed by atoms with Gasteiger partial charge in [-0.2, -0.15) is 0 Å². The first-order chi connectivity index (χ1) is 8.91. The van der Waals surface area contributed by atoms with Gasteiger partial charge in [0.1, 0.15) is 0 Å². The van der Waals surface area contributed by atoms with Gasteiger partial charge in [0.15, 0.2) is 0 Å². The van der Waals surface area contributed by atoms with E-state index in [1.54, 1.807) is 19.0 Å².